The van der Waals surface area contributed by atoms with Gasteiger partial charge in [0.25, 0.3) is 5.91 Å². The fourth-order valence-electron chi connectivity index (χ4n) is 3.75. The van der Waals surface area contributed by atoms with Crippen molar-refractivity contribution in [2.45, 2.75) is 32.8 Å². The number of carbonyl (C=O) groups is 1. The lowest BCUT2D eigenvalue weighted by Crippen LogP contribution is -2.31. The van der Waals surface area contributed by atoms with Crippen LogP contribution in [0.25, 0.3) is 0 Å². The Morgan fingerprint density at radius 1 is 1.38 bits per heavy atom. The Balaban J connectivity index is 1.80. The Kier molecular flexibility index (Phi) is 3.89. The summed E-state index contributed by atoms with van der Waals surface area (Å²) in [5.41, 5.74) is 2.81. The maximum atomic E-state index is 12.8. The Hall–Kier alpha value is -1.55. The van der Waals surface area contributed by atoms with Crippen LogP contribution in [0.1, 0.15) is 35.7 Å². The lowest BCUT2D eigenvalue weighted by molar-refractivity contribution is 0.0753. The van der Waals surface area contributed by atoms with E-state index < -0.39 is 0 Å². The molecule has 0 aromatic heterocycles. The SMILES string of the molecule is CCNc1cc(C)ccc1C(=O)N1CC2CCC(O)C2C1. The van der Waals surface area contributed by atoms with Crippen LogP contribution in [0.4, 0.5) is 5.69 Å². The fourth-order valence-corrected chi connectivity index (χ4v) is 3.75. The van der Waals surface area contributed by atoms with Crippen LogP contribution in [0.15, 0.2) is 18.2 Å². The number of amides is 1. The molecule has 1 aliphatic heterocycles. The smallest absolute Gasteiger partial charge is 0.255 e. The molecule has 4 heteroatoms. The number of fused-ring (bicyclic) bond motifs is 1. The Morgan fingerprint density at radius 3 is 2.90 bits per heavy atom. The van der Waals surface area contributed by atoms with E-state index >= 15 is 0 Å². The van der Waals surface area contributed by atoms with Crippen molar-refractivity contribution in [1.82, 2.24) is 4.90 Å². The lowest BCUT2D eigenvalue weighted by Gasteiger charge is -2.20. The second kappa shape index (κ2) is 5.68. The van der Waals surface area contributed by atoms with Crippen LogP contribution in [0, 0.1) is 18.8 Å². The van der Waals surface area contributed by atoms with E-state index in [1.807, 2.05) is 36.9 Å². The van der Waals surface area contributed by atoms with Gasteiger partial charge in [0.1, 0.15) is 0 Å². The standard InChI is InChI=1S/C17H24N2O2/c1-3-18-15-8-11(2)4-6-13(15)17(21)19-9-12-5-7-16(20)14(12)10-19/h4,6,8,12,14,16,18,20H,3,5,7,9-10H2,1-2H3. The fraction of sp³-hybridized carbons (Fsp3) is 0.588. The van der Waals surface area contributed by atoms with Crippen LogP contribution < -0.4 is 5.32 Å². The number of aryl methyl sites for hydroxylation is 1. The predicted molar refractivity (Wildman–Crippen MR) is 83.5 cm³/mol. The topological polar surface area (TPSA) is 52.6 Å². The van der Waals surface area contributed by atoms with Crippen molar-refractivity contribution in [3.63, 3.8) is 0 Å². The third-order valence-electron chi connectivity index (χ3n) is 4.88. The summed E-state index contributed by atoms with van der Waals surface area (Å²) in [6.07, 6.45) is 1.72. The van der Waals surface area contributed by atoms with Crippen molar-refractivity contribution < 1.29 is 9.90 Å². The monoisotopic (exact) mass is 288 g/mol. The summed E-state index contributed by atoms with van der Waals surface area (Å²) in [6, 6.07) is 5.93. The van der Waals surface area contributed by atoms with Crippen molar-refractivity contribution in [3.05, 3.63) is 29.3 Å². The van der Waals surface area contributed by atoms with Gasteiger partial charge < -0.3 is 15.3 Å². The second-order valence-electron chi connectivity index (χ2n) is 6.36. The van der Waals surface area contributed by atoms with Crippen LogP contribution in [0.3, 0.4) is 0 Å². The summed E-state index contributed by atoms with van der Waals surface area (Å²) in [7, 11) is 0. The van der Waals surface area contributed by atoms with Crippen molar-refractivity contribution >= 4 is 11.6 Å². The first-order valence-electron chi connectivity index (χ1n) is 7.92. The molecule has 1 saturated heterocycles. The number of carbonyl (C=O) groups excluding carboxylic acids is 1. The average Bonchev–Trinajstić information content (AvgIpc) is 3.01. The van der Waals surface area contributed by atoms with Gasteiger partial charge in [-0.05, 0) is 50.3 Å². The van der Waals surface area contributed by atoms with Gasteiger partial charge in [-0.25, -0.2) is 0 Å². The Morgan fingerprint density at radius 2 is 2.19 bits per heavy atom. The number of hydrogen-bond acceptors (Lipinski definition) is 3. The molecule has 2 N–H and O–H groups in total. The number of aliphatic hydroxyl groups excluding tert-OH is 1. The molecule has 1 aliphatic carbocycles. The van der Waals surface area contributed by atoms with E-state index in [-0.39, 0.29) is 17.9 Å². The zero-order valence-corrected chi connectivity index (χ0v) is 12.8. The molecule has 3 rings (SSSR count). The molecule has 1 aromatic rings. The van der Waals surface area contributed by atoms with Crippen LogP contribution in [-0.4, -0.2) is 41.7 Å². The highest BCUT2D eigenvalue weighted by Gasteiger charge is 2.43. The molecule has 1 saturated carbocycles. The van der Waals surface area contributed by atoms with Gasteiger partial charge in [0, 0.05) is 31.2 Å². The maximum Gasteiger partial charge on any atom is 0.255 e. The van der Waals surface area contributed by atoms with E-state index in [1.165, 1.54) is 0 Å². The number of nitrogens with zero attached hydrogens (tertiary/aromatic N) is 1. The minimum Gasteiger partial charge on any atom is -0.393 e. The van der Waals surface area contributed by atoms with Crippen LogP contribution in [-0.2, 0) is 0 Å². The minimum atomic E-state index is -0.223. The third-order valence-corrected chi connectivity index (χ3v) is 4.88. The normalized spacial score (nSPS) is 27.8. The van der Waals surface area contributed by atoms with Gasteiger partial charge in [-0.3, -0.25) is 4.79 Å². The van der Waals surface area contributed by atoms with Crippen molar-refractivity contribution in [1.29, 1.82) is 0 Å². The summed E-state index contributed by atoms with van der Waals surface area (Å²) >= 11 is 0. The van der Waals surface area contributed by atoms with E-state index in [1.54, 1.807) is 0 Å². The van der Waals surface area contributed by atoms with Gasteiger partial charge in [0.05, 0.1) is 11.7 Å². The molecule has 114 valence electrons. The quantitative estimate of drug-likeness (QED) is 0.897. The third kappa shape index (κ3) is 2.64. The number of rotatable bonds is 3. The molecule has 3 unspecified atom stereocenters. The van der Waals surface area contributed by atoms with Crippen LogP contribution >= 0.6 is 0 Å². The van der Waals surface area contributed by atoms with E-state index in [2.05, 4.69) is 5.32 Å². The molecular weight excluding hydrogens is 264 g/mol. The maximum absolute atomic E-state index is 12.8. The van der Waals surface area contributed by atoms with Gasteiger partial charge in [0.2, 0.25) is 0 Å². The van der Waals surface area contributed by atoms with Crippen molar-refractivity contribution in [3.8, 4) is 0 Å². The molecular formula is C17H24N2O2. The number of anilines is 1. The molecule has 21 heavy (non-hydrogen) atoms. The Labute approximate surface area is 126 Å². The molecule has 1 aromatic carbocycles. The molecule has 0 radical (unpaired) electrons. The molecule has 0 bridgehead atoms. The molecule has 0 spiro atoms. The highest BCUT2D eigenvalue weighted by atomic mass is 16.3. The largest absolute Gasteiger partial charge is 0.393 e. The molecule has 1 heterocycles. The molecule has 3 atom stereocenters. The van der Waals surface area contributed by atoms with Crippen molar-refractivity contribution in [2.75, 3.05) is 25.0 Å². The van der Waals surface area contributed by atoms with E-state index in [9.17, 15) is 9.90 Å². The van der Waals surface area contributed by atoms with Gasteiger partial charge in [-0.2, -0.15) is 0 Å². The highest BCUT2D eigenvalue weighted by Crippen LogP contribution is 2.38. The second-order valence-corrected chi connectivity index (χ2v) is 6.36. The van der Waals surface area contributed by atoms with E-state index in [0.717, 1.165) is 42.7 Å². The van der Waals surface area contributed by atoms with Gasteiger partial charge in [-0.1, -0.05) is 6.07 Å². The van der Waals surface area contributed by atoms with Gasteiger partial charge in [-0.15, -0.1) is 0 Å². The van der Waals surface area contributed by atoms with Gasteiger partial charge >= 0.3 is 0 Å². The number of benzene rings is 1. The first kappa shape index (κ1) is 14.4. The average molecular weight is 288 g/mol. The molecule has 2 fully saturated rings. The summed E-state index contributed by atoms with van der Waals surface area (Å²) < 4.78 is 0. The summed E-state index contributed by atoms with van der Waals surface area (Å²) in [4.78, 5) is 14.7. The van der Waals surface area contributed by atoms with E-state index in [4.69, 9.17) is 0 Å². The zero-order chi connectivity index (χ0) is 15.0. The zero-order valence-electron chi connectivity index (χ0n) is 12.8. The van der Waals surface area contributed by atoms with Crippen LogP contribution in [0.2, 0.25) is 0 Å². The first-order chi connectivity index (χ1) is 10.1. The minimum absolute atomic E-state index is 0.0903. The number of likely N-dealkylation sites (tertiary alicyclic amines) is 1. The predicted octanol–water partition coefficient (Wildman–Crippen LogP) is 2.27. The summed E-state index contributed by atoms with van der Waals surface area (Å²) in [5.74, 6) is 0.853. The van der Waals surface area contributed by atoms with Crippen molar-refractivity contribution in [2.24, 2.45) is 11.8 Å². The Bertz CT molecular complexity index is 544. The molecule has 2 aliphatic rings. The molecule has 1 amide bonds. The summed E-state index contributed by atoms with van der Waals surface area (Å²) in [6.45, 7) is 6.36. The highest BCUT2D eigenvalue weighted by molar-refractivity contribution is 6.00. The van der Waals surface area contributed by atoms with E-state index in [0.29, 0.717) is 12.5 Å². The summed E-state index contributed by atoms with van der Waals surface area (Å²) in [5, 5.41) is 13.3. The number of aliphatic hydroxyl groups is 1. The van der Waals surface area contributed by atoms with Crippen LogP contribution in [0.5, 0.6) is 0 Å². The molecule has 4 nitrogen and oxygen atoms in total. The lowest BCUT2D eigenvalue weighted by atomic mass is 10.00. The number of hydrogen-bond donors (Lipinski definition) is 2. The first-order valence-corrected chi connectivity index (χ1v) is 7.92. The number of nitrogens with one attached hydrogen (secondary N) is 1. The van der Waals surface area contributed by atoms with Gasteiger partial charge in [0.15, 0.2) is 0 Å².